The van der Waals surface area contributed by atoms with Crippen LogP contribution in [0.1, 0.15) is 25.0 Å². The van der Waals surface area contributed by atoms with Crippen LogP contribution in [0, 0.1) is 5.92 Å². The van der Waals surface area contributed by atoms with Gasteiger partial charge in [-0.25, -0.2) is 0 Å². The van der Waals surface area contributed by atoms with Gasteiger partial charge in [-0.1, -0.05) is 44.2 Å². The van der Waals surface area contributed by atoms with E-state index >= 15 is 0 Å². The summed E-state index contributed by atoms with van der Waals surface area (Å²) in [7, 11) is 3.24. The molecule has 26 heavy (non-hydrogen) atoms. The van der Waals surface area contributed by atoms with E-state index in [0.29, 0.717) is 12.3 Å². The molecule has 0 radical (unpaired) electrons. The van der Waals surface area contributed by atoms with Gasteiger partial charge in [0.15, 0.2) is 0 Å². The topological polar surface area (TPSA) is 47.6 Å². The zero-order valence-electron chi connectivity index (χ0n) is 15.8. The van der Waals surface area contributed by atoms with E-state index in [0.717, 1.165) is 17.1 Å². The molecule has 0 aliphatic carbocycles. The second-order valence-electron chi connectivity index (χ2n) is 6.36. The number of methoxy groups -OCH3 is 2. The number of carbonyl (C=O) groups is 1. The smallest absolute Gasteiger partial charge is 0.233 e. The summed E-state index contributed by atoms with van der Waals surface area (Å²) >= 11 is 1.68. The van der Waals surface area contributed by atoms with E-state index in [1.165, 1.54) is 5.56 Å². The molecule has 1 N–H and O–H groups in total. The minimum atomic E-state index is -0.0977. The molecule has 0 heterocycles. The predicted molar refractivity (Wildman–Crippen MR) is 108 cm³/mol. The predicted octanol–water partition coefficient (Wildman–Crippen LogP) is 4.28. The highest BCUT2D eigenvalue weighted by Crippen LogP contribution is 2.26. The molecule has 5 heteroatoms. The Kier molecular flexibility index (Phi) is 7.85. The average Bonchev–Trinajstić information content (AvgIpc) is 2.66. The fraction of sp³-hybridized carbons (Fsp3) is 0.381. The van der Waals surface area contributed by atoms with E-state index < -0.39 is 0 Å². The number of thioether (sulfide) groups is 1. The number of ether oxygens (including phenoxy) is 2. The first-order valence-corrected chi connectivity index (χ1v) is 9.74. The van der Waals surface area contributed by atoms with Crippen molar-refractivity contribution in [2.75, 3.05) is 14.2 Å². The van der Waals surface area contributed by atoms with E-state index in [1.807, 2.05) is 36.4 Å². The molecule has 140 valence electrons. The maximum absolute atomic E-state index is 12.7. The molecule has 2 rings (SSSR count). The van der Waals surface area contributed by atoms with Crippen LogP contribution in [0.3, 0.4) is 0 Å². The summed E-state index contributed by atoms with van der Waals surface area (Å²) in [5.41, 5.74) is 2.16. The average molecular weight is 374 g/mol. The lowest BCUT2D eigenvalue weighted by Gasteiger charge is -2.20. The Hall–Kier alpha value is -2.14. The third-order valence-electron chi connectivity index (χ3n) is 4.08. The molecular formula is C21H27NO3S. The van der Waals surface area contributed by atoms with Gasteiger partial charge in [-0.05, 0) is 23.6 Å². The monoisotopic (exact) mass is 373 g/mol. The highest BCUT2D eigenvalue weighted by Gasteiger charge is 2.22. The number of carbonyl (C=O) groups excluding carboxylic acids is 1. The van der Waals surface area contributed by atoms with Crippen LogP contribution in [0.25, 0.3) is 0 Å². The van der Waals surface area contributed by atoms with Crippen LogP contribution < -0.4 is 14.8 Å². The fourth-order valence-corrected chi connectivity index (χ4v) is 3.80. The molecule has 1 amide bonds. The lowest BCUT2D eigenvalue weighted by atomic mass is 10.1. The van der Waals surface area contributed by atoms with Crippen LogP contribution in [-0.4, -0.2) is 25.4 Å². The largest absolute Gasteiger partial charge is 0.497 e. The lowest BCUT2D eigenvalue weighted by Crippen LogP contribution is -2.35. The van der Waals surface area contributed by atoms with Crippen molar-refractivity contribution in [3.63, 3.8) is 0 Å². The van der Waals surface area contributed by atoms with Crippen molar-refractivity contribution in [1.82, 2.24) is 5.32 Å². The molecule has 0 bridgehead atoms. The summed E-state index contributed by atoms with van der Waals surface area (Å²) in [6.07, 6.45) is 0. The van der Waals surface area contributed by atoms with Crippen molar-refractivity contribution in [2.24, 2.45) is 5.92 Å². The van der Waals surface area contributed by atoms with Crippen LogP contribution in [0.5, 0.6) is 11.5 Å². The molecule has 2 aromatic rings. The van der Waals surface area contributed by atoms with E-state index in [9.17, 15) is 4.79 Å². The van der Waals surface area contributed by atoms with Crippen LogP contribution in [-0.2, 0) is 17.1 Å². The van der Waals surface area contributed by atoms with Crippen molar-refractivity contribution < 1.29 is 14.3 Å². The van der Waals surface area contributed by atoms with Crippen molar-refractivity contribution in [2.45, 2.75) is 31.4 Å². The Balaban J connectivity index is 1.97. The van der Waals surface area contributed by atoms with Crippen LogP contribution in [0.4, 0.5) is 0 Å². The molecule has 4 nitrogen and oxygen atoms in total. The van der Waals surface area contributed by atoms with Crippen LogP contribution >= 0.6 is 11.8 Å². The van der Waals surface area contributed by atoms with Gasteiger partial charge in [0.05, 0.1) is 19.5 Å². The summed E-state index contributed by atoms with van der Waals surface area (Å²) in [6, 6.07) is 15.8. The number of nitrogens with one attached hydrogen (secondary N) is 1. The maximum Gasteiger partial charge on any atom is 0.233 e. The zero-order chi connectivity index (χ0) is 18.9. The molecule has 0 aliphatic heterocycles. The first kappa shape index (κ1) is 20.2. The Morgan fingerprint density at radius 2 is 1.81 bits per heavy atom. The van der Waals surface area contributed by atoms with Gasteiger partial charge < -0.3 is 14.8 Å². The molecule has 0 saturated carbocycles. The zero-order valence-corrected chi connectivity index (χ0v) is 16.6. The number of benzene rings is 2. The summed E-state index contributed by atoms with van der Waals surface area (Å²) in [6.45, 7) is 4.59. The van der Waals surface area contributed by atoms with E-state index in [-0.39, 0.29) is 17.1 Å². The van der Waals surface area contributed by atoms with Crippen molar-refractivity contribution >= 4 is 17.7 Å². The number of rotatable bonds is 9. The quantitative estimate of drug-likeness (QED) is 0.713. The normalized spacial score (nSPS) is 11.9. The van der Waals surface area contributed by atoms with Gasteiger partial charge in [-0.15, -0.1) is 11.8 Å². The fourth-order valence-electron chi connectivity index (χ4n) is 2.61. The van der Waals surface area contributed by atoms with Gasteiger partial charge >= 0.3 is 0 Å². The Morgan fingerprint density at radius 1 is 1.08 bits per heavy atom. The highest BCUT2D eigenvalue weighted by atomic mass is 32.2. The first-order valence-electron chi connectivity index (χ1n) is 8.69. The van der Waals surface area contributed by atoms with Crippen molar-refractivity contribution in [3.05, 3.63) is 59.7 Å². The number of hydrogen-bond acceptors (Lipinski definition) is 4. The van der Waals surface area contributed by atoms with Gasteiger partial charge in [0.2, 0.25) is 5.91 Å². The second-order valence-corrected chi connectivity index (χ2v) is 7.49. The summed E-state index contributed by atoms with van der Waals surface area (Å²) in [4.78, 5) is 12.7. The first-order chi connectivity index (χ1) is 12.5. The molecule has 0 fully saturated rings. The van der Waals surface area contributed by atoms with Gasteiger partial charge in [-0.3, -0.25) is 4.79 Å². The molecule has 0 spiro atoms. The SMILES string of the molecule is COc1ccc(CNC(=O)C(SCc2ccccc2)C(C)C)c(OC)c1. The summed E-state index contributed by atoms with van der Waals surface area (Å²) in [5, 5.41) is 2.95. The van der Waals surface area contributed by atoms with Gasteiger partial charge in [-0.2, -0.15) is 0 Å². The van der Waals surface area contributed by atoms with Crippen LogP contribution in [0.15, 0.2) is 48.5 Å². The Labute approximate surface area is 160 Å². The highest BCUT2D eigenvalue weighted by molar-refractivity contribution is 7.99. The van der Waals surface area contributed by atoms with E-state index in [2.05, 4.69) is 31.3 Å². The third-order valence-corrected chi connectivity index (χ3v) is 5.70. The van der Waals surface area contributed by atoms with E-state index in [4.69, 9.17) is 9.47 Å². The van der Waals surface area contributed by atoms with Crippen molar-refractivity contribution in [1.29, 1.82) is 0 Å². The molecule has 0 saturated heterocycles. The molecule has 1 atom stereocenters. The summed E-state index contributed by atoms with van der Waals surface area (Å²) < 4.78 is 10.6. The lowest BCUT2D eigenvalue weighted by molar-refractivity contribution is -0.121. The van der Waals surface area contributed by atoms with Gasteiger partial charge in [0.1, 0.15) is 11.5 Å². The number of hydrogen-bond donors (Lipinski definition) is 1. The number of amides is 1. The minimum absolute atomic E-state index is 0.0544. The molecular weight excluding hydrogens is 346 g/mol. The van der Waals surface area contributed by atoms with Crippen LogP contribution in [0.2, 0.25) is 0 Å². The van der Waals surface area contributed by atoms with Gasteiger partial charge in [0.25, 0.3) is 0 Å². The molecule has 0 aromatic heterocycles. The minimum Gasteiger partial charge on any atom is -0.497 e. The molecule has 1 unspecified atom stereocenters. The maximum atomic E-state index is 12.7. The molecule has 0 aliphatic rings. The Morgan fingerprint density at radius 3 is 2.42 bits per heavy atom. The van der Waals surface area contributed by atoms with E-state index in [1.54, 1.807) is 26.0 Å². The van der Waals surface area contributed by atoms with Crippen molar-refractivity contribution in [3.8, 4) is 11.5 Å². The summed E-state index contributed by atoms with van der Waals surface area (Å²) in [5.74, 6) is 2.57. The standard InChI is InChI=1S/C21H27NO3S/c1-15(2)20(26-14-16-8-6-5-7-9-16)21(23)22-13-17-10-11-18(24-3)12-19(17)25-4/h5-12,15,20H,13-14H2,1-4H3,(H,22,23). The second kappa shape index (κ2) is 10.1. The Bertz CT molecular complexity index is 704. The third kappa shape index (κ3) is 5.70. The molecule has 2 aromatic carbocycles. The van der Waals surface area contributed by atoms with Gasteiger partial charge in [0, 0.05) is 23.9 Å².